The zero-order valence-corrected chi connectivity index (χ0v) is 16.9. The van der Waals surface area contributed by atoms with E-state index in [2.05, 4.69) is 9.98 Å². The summed E-state index contributed by atoms with van der Waals surface area (Å²) >= 11 is 0. The first-order valence-electron chi connectivity index (χ1n) is 9.75. The van der Waals surface area contributed by atoms with E-state index in [1.54, 1.807) is 24.4 Å². The van der Waals surface area contributed by atoms with Gasteiger partial charge in [0.1, 0.15) is 6.61 Å². The van der Waals surface area contributed by atoms with Gasteiger partial charge in [-0.1, -0.05) is 18.2 Å². The maximum absolute atomic E-state index is 14.9. The summed E-state index contributed by atoms with van der Waals surface area (Å²) in [4.78, 5) is 20.9. The lowest BCUT2D eigenvalue weighted by atomic mass is 10.1. The molecule has 1 amide bonds. The third-order valence-corrected chi connectivity index (χ3v) is 5.00. The second kappa shape index (κ2) is 10.0. The van der Waals surface area contributed by atoms with Crippen molar-refractivity contribution in [2.24, 2.45) is 16.5 Å². The third-order valence-electron chi connectivity index (χ3n) is 5.00. The Hall–Kier alpha value is -3.20. The van der Waals surface area contributed by atoms with Crippen molar-refractivity contribution in [1.29, 1.82) is 0 Å². The Morgan fingerprint density at radius 3 is 2.63 bits per heavy atom. The number of anilines is 1. The molecule has 2 heterocycles. The summed E-state index contributed by atoms with van der Waals surface area (Å²) in [6.45, 7) is 3.58. The number of nitrogens with zero attached hydrogens (tertiary/aromatic N) is 3. The number of aryl methyl sites for hydroxylation is 1. The van der Waals surface area contributed by atoms with Crippen LogP contribution in [-0.2, 0) is 22.7 Å². The number of halogens is 1. The molecule has 1 fully saturated rings. The van der Waals surface area contributed by atoms with Crippen molar-refractivity contribution in [2.75, 3.05) is 18.0 Å². The first kappa shape index (κ1) is 21.5. The molecule has 30 heavy (non-hydrogen) atoms. The minimum Gasteiger partial charge on any atom is -0.443 e. The zero-order chi connectivity index (χ0) is 21.5. The Bertz CT molecular complexity index is 909. The van der Waals surface area contributed by atoms with E-state index in [1.807, 2.05) is 24.0 Å². The van der Waals surface area contributed by atoms with Crippen molar-refractivity contribution >= 4 is 17.7 Å². The van der Waals surface area contributed by atoms with Crippen LogP contribution in [-0.4, -0.2) is 36.2 Å². The number of piperidine rings is 1. The molecular weight excluding hydrogens is 389 g/mol. The summed E-state index contributed by atoms with van der Waals surface area (Å²) in [6, 6.07) is 8.93. The lowest BCUT2D eigenvalue weighted by Crippen LogP contribution is -2.37. The molecule has 160 valence electrons. The number of pyridine rings is 1. The number of guanidine groups is 1. The van der Waals surface area contributed by atoms with Crippen LogP contribution in [0.25, 0.3) is 0 Å². The molecule has 0 atom stereocenters. The van der Waals surface area contributed by atoms with E-state index in [4.69, 9.17) is 20.9 Å². The maximum Gasteiger partial charge on any atom is 0.437 e. The van der Waals surface area contributed by atoms with E-state index < -0.39 is 17.9 Å². The Kier molecular flexibility index (Phi) is 7.18. The highest BCUT2D eigenvalue weighted by atomic mass is 19.1. The number of aliphatic imine (C=N–C) groups is 1. The van der Waals surface area contributed by atoms with Crippen LogP contribution in [0.15, 0.2) is 41.5 Å². The molecule has 0 spiro atoms. The fourth-order valence-corrected chi connectivity index (χ4v) is 3.34. The average Bonchev–Trinajstić information content (AvgIpc) is 2.72. The van der Waals surface area contributed by atoms with Gasteiger partial charge in [0.25, 0.3) is 0 Å². The molecule has 1 aliphatic rings. The number of hydrogen-bond donors (Lipinski definition) is 2. The SMILES string of the molecule is Cc1ncccc1COC1CCN(c2cccc(COC(=O)N=C(N)N)c2F)CC1. The number of benzene rings is 1. The van der Waals surface area contributed by atoms with Crippen LogP contribution in [0.1, 0.15) is 29.7 Å². The predicted molar refractivity (Wildman–Crippen MR) is 111 cm³/mol. The van der Waals surface area contributed by atoms with Crippen LogP contribution in [0.2, 0.25) is 0 Å². The molecule has 3 rings (SSSR count). The summed E-state index contributed by atoms with van der Waals surface area (Å²) in [5, 5.41) is 0. The van der Waals surface area contributed by atoms with Crippen LogP contribution in [0.3, 0.4) is 0 Å². The number of carbonyl (C=O) groups is 1. The molecule has 1 aliphatic heterocycles. The minimum absolute atomic E-state index is 0.118. The first-order chi connectivity index (χ1) is 14.4. The fourth-order valence-electron chi connectivity index (χ4n) is 3.34. The van der Waals surface area contributed by atoms with Gasteiger partial charge in [-0.25, -0.2) is 9.18 Å². The molecule has 1 saturated heterocycles. The molecule has 8 nitrogen and oxygen atoms in total. The molecule has 0 saturated carbocycles. The molecule has 4 N–H and O–H groups in total. The minimum atomic E-state index is -0.957. The average molecular weight is 415 g/mol. The van der Waals surface area contributed by atoms with Crippen molar-refractivity contribution in [3.05, 3.63) is 59.2 Å². The number of aromatic nitrogens is 1. The van der Waals surface area contributed by atoms with E-state index in [9.17, 15) is 9.18 Å². The molecule has 9 heteroatoms. The van der Waals surface area contributed by atoms with Crippen molar-refractivity contribution in [3.63, 3.8) is 0 Å². The topological polar surface area (TPSA) is 116 Å². The predicted octanol–water partition coefficient (Wildman–Crippen LogP) is 2.62. The monoisotopic (exact) mass is 415 g/mol. The molecular formula is C21H26FN5O3. The number of ether oxygens (including phenoxy) is 2. The summed E-state index contributed by atoms with van der Waals surface area (Å²) < 4.78 is 25.9. The second-order valence-electron chi connectivity index (χ2n) is 7.09. The van der Waals surface area contributed by atoms with Gasteiger partial charge in [-0.15, -0.1) is 4.99 Å². The molecule has 0 radical (unpaired) electrons. The van der Waals surface area contributed by atoms with E-state index in [0.717, 1.165) is 24.1 Å². The van der Waals surface area contributed by atoms with Crippen LogP contribution < -0.4 is 16.4 Å². The smallest absolute Gasteiger partial charge is 0.437 e. The Morgan fingerprint density at radius 1 is 1.20 bits per heavy atom. The van der Waals surface area contributed by atoms with E-state index in [-0.39, 0.29) is 18.3 Å². The van der Waals surface area contributed by atoms with E-state index in [1.165, 1.54) is 0 Å². The number of rotatable bonds is 6. The molecule has 2 aromatic rings. The number of hydrogen-bond acceptors (Lipinski definition) is 5. The maximum atomic E-state index is 14.9. The summed E-state index contributed by atoms with van der Waals surface area (Å²) in [5.74, 6) is -0.821. The van der Waals surface area contributed by atoms with Crippen LogP contribution in [0, 0.1) is 12.7 Å². The molecule has 1 aromatic carbocycles. The van der Waals surface area contributed by atoms with Gasteiger partial charge in [0.2, 0.25) is 0 Å². The largest absolute Gasteiger partial charge is 0.443 e. The highest BCUT2D eigenvalue weighted by Gasteiger charge is 2.23. The highest BCUT2D eigenvalue weighted by Crippen LogP contribution is 2.27. The fraction of sp³-hybridized carbons (Fsp3) is 0.381. The van der Waals surface area contributed by atoms with Gasteiger partial charge in [-0.3, -0.25) is 4.98 Å². The second-order valence-corrected chi connectivity index (χ2v) is 7.09. The standard InChI is InChI=1S/C21H26FN5O3/c1-14-15(5-3-9-25-14)12-29-17-7-10-27(11-8-17)18-6-2-4-16(19(18)22)13-30-21(28)26-20(23)24/h2-6,9,17H,7-8,10-13H2,1H3,(H4,23,24,26,28). The van der Waals surface area contributed by atoms with E-state index >= 15 is 0 Å². The van der Waals surface area contributed by atoms with Crippen molar-refractivity contribution in [3.8, 4) is 0 Å². The normalized spacial score (nSPS) is 14.4. The van der Waals surface area contributed by atoms with Crippen LogP contribution in [0.5, 0.6) is 0 Å². The van der Waals surface area contributed by atoms with Crippen molar-refractivity contribution in [2.45, 2.75) is 39.1 Å². The van der Waals surface area contributed by atoms with Gasteiger partial charge in [0.05, 0.1) is 18.4 Å². The molecule has 0 bridgehead atoms. The summed E-state index contributed by atoms with van der Waals surface area (Å²) in [5.41, 5.74) is 13.0. The number of amides is 1. The van der Waals surface area contributed by atoms with Crippen LogP contribution >= 0.6 is 0 Å². The summed E-state index contributed by atoms with van der Waals surface area (Å²) in [6.07, 6.45) is 2.52. The number of nitrogens with two attached hydrogens (primary N) is 2. The summed E-state index contributed by atoms with van der Waals surface area (Å²) in [7, 11) is 0. The number of carbonyl (C=O) groups excluding carboxylic acids is 1. The Balaban J connectivity index is 1.54. The van der Waals surface area contributed by atoms with Gasteiger partial charge in [0, 0.05) is 30.5 Å². The van der Waals surface area contributed by atoms with E-state index in [0.29, 0.717) is 25.4 Å². The quantitative estimate of drug-likeness (QED) is 0.550. The van der Waals surface area contributed by atoms with Gasteiger partial charge >= 0.3 is 6.09 Å². The van der Waals surface area contributed by atoms with Crippen molar-refractivity contribution in [1.82, 2.24) is 4.98 Å². The molecule has 0 unspecified atom stereocenters. The van der Waals surface area contributed by atoms with Gasteiger partial charge in [0.15, 0.2) is 11.8 Å². The van der Waals surface area contributed by atoms with Gasteiger partial charge in [-0.05, 0) is 37.5 Å². The zero-order valence-electron chi connectivity index (χ0n) is 16.9. The van der Waals surface area contributed by atoms with Gasteiger partial charge < -0.3 is 25.8 Å². The van der Waals surface area contributed by atoms with Gasteiger partial charge in [-0.2, -0.15) is 0 Å². The van der Waals surface area contributed by atoms with Crippen molar-refractivity contribution < 1.29 is 18.7 Å². The highest BCUT2D eigenvalue weighted by molar-refractivity contribution is 5.87. The lowest BCUT2D eigenvalue weighted by molar-refractivity contribution is 0.0247. The first-order valence-corrected chi connectivity index (χ1v) is 9.75. The van der Waals surface area contributed by atoms with Crippen LogP contribution in [0.4, 0.5) is 14.9 Å². The Morgan fingerprint density at radius 2 is 1.93 bits per heavy atom. The lowest BCUT2D eigenvalue weighted by Gasteiger charge is -2.34. The Labute approximate surface area is 174 Å². The third kappa shape index (κ3) is 5.66. The molecule has 1 aromatic heterocycles. The molecule has 0 aliphatic carbocycles.